The van der Waals surface area contributed by atoms with Crippen LogP contribution in [0.15, 0.2) is 41.5 Å². The summed E-state index contributed by atoms with van der Waals surface area (Å²) in [6.45, 7) is 3.66. The predicted molar refractivity (Wildman–Crippen MR) is 86.9 cm³/mol. The highest BCUT2D eigenvalue weighted by molar-refractivity contribution is 5.85. The van der Waals surface area contributed by atoms with Crippen LogP contribution >= 0.6 is 0 Å². The van der Waals surface area contributed by atoms with Crippen LogP contribution in [0.3, 0.4) is 0 Å². The third kappa shape index (κ3) is 4.47. The molecule has 3 N–H and O–H groups in total. The van der Waals surface area contributed by atoms with Gasteiger partial charge in [0.1, 0.15) is 17.2 Å². The average Bonchev–Trinajstić information content (AvgIpc) is 2.49. The lowest BCUT2D eigenvalue weighted by Gasteiger charge is -2.10. The summed E-state index contributed by atoms with van der Waals surface area (Å²) < 4.78 is 5.50. The second-order valence-corrected chi connectivity index (χ2v) is 5.05. The van der Waals surface area contributed by atoms with Gasteiger partial charge in [0.25, 0.3) is 5.91 Å². The minimum absolute atomic E-state index is 0.0503. The number of nitrogens with zero attached hydrogens (tertiary/aromatic N) is 1. The highest BCUT2D eigenvalue weighted by atomic mass is 16.5. The first-order chi connectivity index (χ1) is 11.0. The topological polar surface area (TPSA) is 91.2 Å². The van der Waals surface area contributed by atoms with Gasteiger partial charge in [0, 0.05) is 11.6 Å². The quantitative estimate of drug-likeness (QED) is 0.583. The minimum atomic E-state index is -0.415. The molecule has 0 aliphatic carbocycles. The maximum absolute atomic E-state index is 11.7. The van der Waals surface area contributed by atoms with Gasteiger partial charge in [0.15, 0.2) is 6.61 Å². The van der Waals surface area contributed by atoms with Gasteiger partial charge in [-0.15, -0.1) is 0 Å². The number of phenols is 2. The Morgan fingerprint density at radius 1 is 1.22 bits per heavy atom. The molecule has 2 aromatic carbocycles. The molecule has 0 atom stereocenters. The number of hydrogen-bond acceptors (Lipinski definition) is 5. The number of benzene rings is 2. The Morgan fingerprint density at radius 2 is 1.91 bits per heavy atom. The van der Waals surface area contributed by atoms with Gasteiger partial charge in [-0.3, -0.25) is 4.79 Å². The van der Waals surface area contributed by atoms with E-state index in [0.29, 0.717) is 11.3 Å². The van der Waals surface area contributed by atoms with Gasteiger partial charge in [-0.25, -0.2) is 5.43 Å². The number of aromatic hydroxyl groups is 2. The molecule has 0 fully saturated rings. The molecule has 2 aromatic rings. The Morgan fingerprint density at radius 3 is 2.57 bits per heavy atom. The van der Waals surface area contributed by atoms with Crippen LogP contribution in [0.4, 0.5) is 0 Å². The number of ether oxygens (including phenoxy) is 1. The Bertz CT molecular complexity index is 721. The Balaban J connectivity index is 1.89. The third-order valence-electron chi connectivity index (χ3n) is 3.16. The first kappa shape index (κ1) is 16.4. The van der Waals surface area contributed by atoms with Gasteiger partial charge < -0.3 is 14.9 Å². The van der Waals surface area contributed by atoms with Crippen molar-refractivity contribution < 1.29 is 19.7 Å². The molecule has 0 radical (unpaired) electrons. The van der Waals surface area contributed by atoms with Crippen molar-refractivity contribution in [3.63, 3.8) is 0 Å². The van der Waals surface area contributed by atoms with Crippen molar-refractivity contribution in [1.29, 1.82) is 0 Å². The van der Waals surface area contributed by atoms with Gasteiger partial charge in [-0.2, -0.15) is 5.10 Å². The molecule has 2 rings (SSSR count). The number of hydrogen-bond donors (Lipinski definition) is 3. The van der Waals surface area contributed by atoms with Crippen molar-refractivity contribution in [2.75, 3.05) is 6.61 Å². The first-order valence-electron chi connectivity index (χ1n) is 7.00. The van der Waals surface area contributed by atoms with E-state index in [-0.39, 0.29) is 18.1 Å². The summed E-state index contributed by atoms with van der Waals surface area (Å²) in [5.74, 6) is 0.0884. The number of rotatable bonds is 5. The second-order valence-electron chi connectivity index (χ2n) is 5.05. The van der Waals surface area contributed by atoms with Crippen LogP contribution in [-0.4, -0.2) is 28.9 Å². The Kier molecular flexibility index (Phi) is 5.19. The molecule has 0 spiro atoms. The van der Waals surface area contributed by atoms with Crippen molar-refractivity contribution >= 4 is 12.1 Å². The second kappa shape index (κ2) is 7.31. The molecule has 23 heavy (non-hydrogen) atoms. The summed E-state index contributed by atoms with van der Waals surface area (Å²) in [4.78, 5) is 11.7. The summed E-state index contributed by atoms with van der Waals surface area (Å²) in [6.07, 6.45) is 1.28. The lowest BCUT2D eigenvalue weighted by Crippen LogP contribution is -2.25. The monoisotopic (exact) mass is 314 g/mol. The Hall–Kier alpha value is -3.02. The van der Waals surface area contributed by atoms with E-state index in [0.717, 1.165) is 11.1 Å². The van der Waals surface area contributed by atoms with E-state index < -0.39 is 5.91 Å². The number of hydrazone groups is 1. The number of carbonyl (C=O) groups excluding carboxylic acids is 1. The van der Waals surface area contributed by atoms with E-state index in [1.807, 2.05) is 32.0 Å². The van der Waals surface area contributed by atoms with E-state index in [1.165, 1.54) is 24.4 Å². The largest absolute Gasteiger partial charge is 0.508 e. The normalized spacial score (nSPS) is 10.7. The zero-order chi connectivity index (χ0) is 16.8. The van der Waals surface area contributed by atoms with E-state index in [1.54, 1.807) is 0 Å². The highest BCUT2D eigenvalue weighted by Gasteiger charge is 2.06. The van der Waals surface area contributed by atoms with Crippen LogP contribution in [0.5, 0.6) is 17.2 Å². The van der Waals surface area contributed by atoms with Crippen molar-refractivity contribution in [2.45, 2.75) is 13.8 Å². The predicted octanol–water partition coefficient (Wildman–Crippen LogP) is 2.24. The third-order valence-corrected chi connectivity index (χ3v) is 3.16. The van der Waals surface area contributed by atoms with Crippen molar-refractivity contribution in [3.05, 3.63) is 53.1 Å². The van der Waals surface area contributed by atoms with E-state index in [2.05, 4.69) is 10.5 Å². The number of nitrogens with one attached hydrogen (secondary N) is 1. The van der Waals surface area contributed by atoms with Crippen molar-refractivity contribution in [1.82, 2.24) is 5.43 Å². The van der Waals surface area contributed by atoms with Gasteiger partial charge in [-0.1, -0.05) is 18.2 Å². The van der Waals surface area contributed by atoms with Crippen LogP contribution in [-0.2, 0) is 4.79 Å². The lowest BCUT2D eigenvalue weighted by atomic mass is 10.1. The number of para-hydroxylation sites is 1. The molecule has 0 saturated carbocycles. The molecule has 0 unspecified atom stereocenters. The van der Waals surface area contributed by atoms with Crippen LogP contribution in [0.1, 0.15) is 16.7 Å². The molecule has 120 valence electrons. The summed E-state index contributed by atoms with van der Waals surface area (Å²) >= 11 is 0. The molecular formula is C17H18N2O4. The van der Waals surface area contributed by atoms with Gasteiger partial charge >= 0.3 is 0 Å². The smallest absolute Gasteiger partial charge is 0.277 e. The van der Waals surface area contributed by atoms with Gasteiger partial charge in [-0.05, 0) is 37.1 Å². The fourth-order valence-electron chi connectivity index (χ4n) is 2.01. The zero-order valence-corrected chi connectivity index (χ0v) is 12.9. The first-order valence-corrected chi connectivity index (χ1v) is 7.00. The summed E-state index contributed by atoms with van der Waals surface area (Å²) in [5.41, 5.74) is 4.60. The lowest BCUT2D eigenvalue weighted by molar-refractivity contribution is -0.123. The fraction of sp³-hybridized carbons (Fsp3) is 0.176. The van der Waals surface area contributed by atoms with Gasteiger partial charge in [0.05, 0.1) is 6.21 Å². The molecule has 0 aromatic heterocycles. The molecule has 6 nitrogen and oxygen atoms in total. The summed E-state index contributed by atoms with van der Waals surface area (Å²) in [5, 5.41) is 22.5. The maximum Gasteiger partial charge on any atom is 0.277 e. The standard InChI is InChI=1S/C17H18N2O4/c1-11-4-3-5-12(2)17(11)23-10-16(22)19-18-9-13-6-7-14(20)8-15(13)21/h3-9,20-21H,10H2,1-2H3,(H,19,22)/b18-9-. The van der Waals surface area contributed by atoms with Crippen molar-refractivity contribution in [2.24, 2.45) is 5.10 Å². The van der Waals surface area contributed by atoms with E-state index >= 15 is 0 Å². The zero-order valence-electron chi connectivity index (χ0n) is 12.9. The molecule has 0 heterocycles. The number of amides is 1. The fourth-order valence-corrected chi connectivity index (χ4v) is 2.01. The highest BCUT2D eigenvalue weighted by Crippen LogP contribution is 2.22. The molecule has 0 bridgehead atoms. The maximum atomic E-state index is 11.7. The average molecular weight is 314 g/mol. The molecule has 6 heteroatoms. The minimum Gasteiger partial charge on any atom is -0.508 e. The SMILES string of the molecule is Cc1cccc(C)c1OCC(=O)N/N=C\c1ccc(O)cc1O. The van der Waals surface area contributed by atoms with E-state index in [4.69, 9.17) is 4.74 Å². The summed E-state index contributed by atoms with van der Waals surface area (Å²) in [7, 11) is 0. The molecule has 0 aliphatic rings. The van der Waals surface area contributed by atoms with Crippen molar-refractivity contribution in [3.8, 4) is 17.2 Å². The van der Waals surface area contributed by atoms with Gasteiger partial charge in [0.2, 0.25) is 0 Å². The van der Waals surface area contributed by atoms with E-state index in [9.17, 15) is 15.0 Å². The molecule has 0 saturated heterocycles. The number of aryl methyl sites for hydroxylation is 2. The van der Waals surface area contributed by atoms with Crippen LogP contribution < -0.4 is 10.2 Å². The number of carbonyl (C=O) groups is 1. The molecule has 0 aliphatic heterocycles. The van der Waals surface area contributed by atoms with Crippen LogP contribution in [0, 0.1) is 13.8 Å². The van der Waals surface area contributed by atoms with Crippen LogP contribution in [0.25, 0.3) is 0 Å². The Labute approximate surface area is 134 Å². The molecular weight excluding hydrogens is 296 g/mol. The molecule has 1 amide bonds. The van der Waals surface area contributed by atoms with Crippen LogP contribution in [0.2, 0.25) is 0 Å². The summed E-state index contributed by atoms with van der Waals surface area (Å²) in [6, 6.07) is 9.82. The number of phenolic OH excluding ortho intramolecular Hbond substituents is 2.